The standard InChI is InChI=1S/C11H12BrN3O2/c1-13-11(16)15-5-4-9(14-17)8-6-7(12)2-3-10(8)15/h2-3,6,17H,4-5H2,1H3,(H,13,16)/b14-9-. The van der Waals surface area contributed by atoms with Gasteiger partial charge in [0.1, 0.15) is 0 Å². The van der Waals surface area contributed by atoms with E-state index in [2.05, 4.69) is 26.4 Å². The van der Waals surface area contributed by atoms with Crippen LogP contribution in [0.1, 0.15) is 12.0 Å². The normalized spacial score (nSPS) is 16.8. The average Bonchev–Trinajstić information content (AvgIpc) is 2.36. The lowest BCUT2D eigenvalue weighted by molar-refractivity contribution is 0.248. The lowest BCUT2D eigenvalue weighted by Gasteiger charge is -2.29. The van der Waals surface area contributed by atoms with Crippen molar-refractivity contribution in [1.82, 2.24) is 5.32 Å². The minimum atomic E-state index is -0.162. The van der Waals surface area contributed by atoms with Crippen LogP contribution in [0.15, 0.2) is 27.8 Å². The summed E-state index contributed by atoms with van der Waals surface area (Å²) in [7, 11) is 1.59. The number of hydrogen-bond acceptors (Lipinski definition) is 3. The molecule has 0 aromatic heterocycles. The van der Waals surface area contributed by atoms with Crippen LogP contribution in [0, 0.1) is 0 Å². The van der Waals surface area contributed by atoms with Gasteiger partial charge in [-0.05, 0) is 18.2 Å². The van der Waals surface area contributed by atoms with Gasteiger partial charge < -0.3 is 10.5 Å². The fourth-order valence-electron chi connectivity index (χ4n) is 1.90. The number of rotatable bonds is 0. The van der Waals surface area contributed by atoms with Gasteiger partial charge in [-0.25, -0.2) is 4.79 Å². The zero-order chi connectivity index (χ0) is 12.4. The van der Waals surface area contributed by atoms with Gasteiger partial charge in [0.15, 0.2) is 0 Å². The van der Waals surface area contributed by atoms with E-state index in [0.29, 0.717) is 18.7 Å². The van der Waals surface area contributed by atoms with Gasteiger partial charge in [-0.2, -0.15) is 0 Å². The molecule has 2 N–H and O–H groups in total. The monoisotopic (exact) mass is 297 g/mol. The van der Waals surface area contributed by atoms with E-state index in [1.165, 1.54) is 0 Å². The Morgan fingerprint density at radius 2 is 2.35 bits per heavy atom. The molecule has 0 saturated carbocycles. The van der Waals surface area contributed by atoms with Crippen LogP contribution < -0.4 is 10.2 Å². The average molecular weight is 298 g/mol. The highest BCUT2D eigenvalue weighted by molar-refractivity contribution is 9.10. The Kier molecular flexibility index (Phi) is 3.33. The number of carbonyl (C=O) groups excluding carboxylic acids is 1. The van der Waals surface area contributed by atoms with E-state index in [9.17, 15) is 4.79 Å². The van der Waals surface area contributed by atoms with E-state index in [1.807, 2.05) is 18.2 Å². The Morgan fingerprint density at radius 1 is 1.59 bits per heavy atom. The minimum absolute atomic E-state index is 0.162. The maximum absolute atomic E-state index is 11.7. The molecule has 90 valence electrons. The number of benzene rings is 1. The number of oxime groups is 1. The summed E-state index contributed by atoms with van der Waals surface area (Å²) in [6.07, 6.45) is 0.535. The van der Waals surface area contributed by atoms with Crippen molar-refractivity contribution in [2.24, 2.45) is 5.16 Å². The van der Waals surface area contributed by atoms with E-state index < -0.39 is 0 Å². The van der Waals surface area contributed by atoms with Gasteiger partial charge in [-0.1, -0.05) is 21.1 Å². The van der Waals surface area contributed by atoms with Crippen molar-refractivity contribution in [2.75, 3.05) is 18.5 Å². The summed E-state index contributed by atoms with van der Waals surface area (Å²) in [5, 5.41) is 14.8. The molecule has 1 aliphatic heterocycles. The lowest BCUT2D eigenvalue weighted by Crippen LogP contribution is -2.42. The third-order valence-electron chi connectivity index (χ3n) is 2.71. The first kappa shape index (κ1) is 11.9. The summed E-state index contributed by atoms with van der Waals surface area (Å²) >= 11 is 3.37. The molecule has 0 aliphatic carbocycles. The van der Waals surface area contributed by atoms with Crippen molar-refractivity contribution >= 4 is 33.4 Å². The number of halogens is 1. The second kappa shape index (κ2) is 4.75. The molecule has 2 rings (SSSR count). The Morgan fingerprint density at radius 3 is 3.00 bits per heavy atom. The van der Waals surface area contributed by atoms with Crippen molar-refractivity contribution in [2.45, 2.75) is 6.42 Å². The molecule has 0 spiro atoms. The molecule has 5 nitrogen and oxygen atoms in total. The van der Waals surface area contributed by atoms with Gasteiger partial charge in [0.2, 0.25) is 0 Å². The maximum Gasteiger partial charge on any atom is 0.321 e. The number of nitrogens with zero attached hydrogens (tertiary/aromatic N) is 2. The predicted octanol–water partition coefficient (Wildman–Crippen LogP) is 2.18. The van der Waals surface area contributed by atoms with Crippen LogP contribution in [-0.2, 0) is 0 Å². The first-order valence-electron chi connectivity index (χ1n) is 5.17. The first-order chi connectivity index (χ1) is 8.17. The third kappa shape index (κ3) is 2.12. The number of amides is 2. The lowest BCUT2D eigenvalue weighted by atomic mass is 10.00. The maximum atomic E-state index is 11.7. The molecular formula is C11H12BrN3O2. The molecular weight excluding hydrogens is 286 g/mol. The molecule has 0 fully saturated rings. The highest BCUT2D eigenvalue weighted by Crippen LogP contribution is 2.30. The number of hydrogen-bond donors (Lipinski definition) is 2. The molecule has 0 radical (unpaired) electrons. The Hall–Kier alpha value is -1.56. The Balaban J connectivity index is 2.51. The summed E-state index contributed by atoms with van der Waals surface area (Å²) in [4.78, 5) is 13.3. The molecule has 2 amide bonds. The topological polar surface area (TPSA) is 64.9 Å². The molecule has 6 heteroatoms. The number of nitrogens with one attached hydrogen (secondary N) is 1. The van der Waals surface area contributed by atoms with Gasteiger partial charge in [0.05, 0.1) is 11.4 Å². The van der Waals surface area contributed by atoms with Crippen molar-refractivity contribution in [1.29, 1.82) is 0 Å². The summed E-state index contributed by atoms with van der Waals surface area (Å²) in [5.74, 6) is 0. The predicted molar refractivity (Wildman–Crippen MR) is 68.9 cm³/mol. The van der Waals surface area contributed by atoms with Crippen molar-refractivity contribution in [3.05, 3.63) is 28.2 Å². The van der Waals surface area contributed by atoms with Gasteiger partial charge in [-0.15, -0.1) is 0 Å². The molecule has 17 heavy (non-hydrogen) atoms. The van der Waals surface area contributed by atoms with Gasteiger partial charge in [0, 0.05) is 30.0 Å². The van der Waals surface area contributed by atoms with E-state index >= 15 is 0 Å². The fraction of sp³-hybridized carbons (Fsp3) is 0.273. The molecule has 1 aromatic rings. The van der Waals surface area contributed by atoms with Gasteiger partial charge in [0.25, 0.3) is 0 Å². The first-order valence-corrected chi connectivity index (χ1v) is 5.96. The zero-order valence-corrected chi connectivity index (χ0v) is 10.9. The van der Waals surface area contributed by atoms with Crippen LogP contribution in [0.25, 0.3) is 0 Å². The van der Waals surface area contributed by atoms with Crippen LogP contribution in [0.4, 0.5) is 10.5 Å². The molecule has 1 aromatic carbocycles. The highest BCUT2D eigenvalue weighted by Gasteiger charge is 2.25. The quantitative estimate of drug-likeness (QED) is 0.569. The minimum Gasteiger partial charge on any atom is -0.411 e. The summed E-state index contributed by atoms with van der Waals surface area (Å²) in [6, 6.07) is 5.37. The summed E-state index contributed by atoms with van der Waals surface area (Å²) in [6.45, 7) is 0.508. The molecule has 0 bridgehead atoms. The van der Waals surface area contributed by atoms with Gasteiger partial charge >= 0.3 is 6.03 Å². The number of urea groups is 1. The summed E-state index contributed by atoms with van der Waals surface area (Å²) < 4.78 is 0.885. The van der Waals surface area contributed by atoms with E-state index in [0.717, 1.165) is 15.7 Å². The van der Waals surface area contributed by atoms with E-state index in [4.69, 9.17) is 5.21 Å². The summed E-state index contributed by atoms with van der Waals surface area (Å²) in [5.41, 5.74) is 2.13. The molecule has 0 unspecified atom stereocenters. The number of anilines is 1. The second-order valence-corrected chi connectivity index (χ2v) is 4.58. The van der Waals surface area contributed by atoms with Crippen LogP contribution in [0.5, 0.6) is 0 Å². The fourth-order valence-corrected chi connectivity index (χ4v) is 2.26. The van der Waals surface area contributed by atoms with Crippen molar-refractivity contribution in [3.8, 4) is 0 Å². The molecule has 1 aliphatic rings. The molecule has 0 atom stereocenters. The Labute approximate surface area is 107 Å². The molecule has 1 heterocycles. The van der Waals surface area contributed by atoms with Crippen LogP contribution in [-0.4, -0.2) is 30.5 Å². The van der Waals surface area contributed by atoms with Crippen LogP contribution in [0.3, 0.4) is 0 Å². The second-order valence-electron chi connectivity index (χ2n) is 3.66. The van der Waals surface area contributed by atoms with Crippen LogP contribution in [0.2, 0.25) is 0 Å². The SMILES string of the molecule is CNC(=O)N1CC/C(=N/O)c2cc(Br)ccc21. The number of carbonyl (C=O) groups is 1. The van der Waals surface area contributed by atoms with Gasteiger partial charge in [-0.3, -0.25) is 4.90 Å². The van der Waals surface area contributed by atoms with Crippen molar-refractivity contribution < 1.29 is 10.0 Å². The molecule has 0 saturated heterocycles. The largest absolute Gasteiger partial charge is 0.411 e. The number of fused-ring (bicyclic) bond motifs is 1. The third-order valence-corrected chi connectivity index (χ3v) is 3.21. The zero-order valence-electron chi connectivity index (χ0n) is 9.27. The van der Waals surface area contributed by atoms with E-state index in [1.54, 1.807) is 11.9 Å². The highest BCUT2D eigenvalue weighted by atomic mass is 79.9. The van der Waals surface area contributed by atoms with E-state index in [-0.39, 0.29) is 6.03 Å². The Bertz CT molecular complexity index is 488. The van der Waals surface area contributed by atoms with Crippen molar-refractivity contribution in [3.63, 3.8) is 0 Å². The van der Waals surface area contributed by atoms with Crippen LogP contribution >= 0.6 is 15.9 Å². The smallest absolute Gasteiger partial charge is 0.321 e.